The first kappa shape index (κ1) is 23.6. The van der Waals surface area contributed by atoms with Crippen LogP contribution < -0.4 is 15.8 Å². The van der Waals surface area contributed by atoms with E-state index in [4.69, 9.17) is 19.4 Å². The van der Waals surface area contributed by atoms with Crippen molar-refractivity contribution in [2.24, 2.45) is 5.73 Å². The van der Waals surface area contributed by atoms with Crippen LogP contribution in [0.25, 0.3) is 16.9 Å². The predicted octanol–water partition coefficient (Wildman–Crippen LogP) is 1.90. The SMILES string of the molecule is NC(=O)O.c1cc(-n2nnc3cnc(NC4CCCC4)nc32)ccc1OCCN1CCOCC1. The number of amides is 1. The van der Waals surface area contributed by atoms with E-state index in [9.17, 15) is 0 Å². The molecule has 1 saturated carbocycles. The van der Waals surface area contributed by atoms with Crippen molar-refractivity contribution in [3.63, 3.8) is 0 Å². The summed E-state index contributed by atoms with van der Waals surface area (Å²) in [4.78, 5) is 20.2. The highest BCUT2D eigenvalue weighted by Gasteiger charge is 2.17. The van der Waals surface area contributed by atoms with E-state index in [1.54, 1.807) is 10.9 Å². The minimum Gasteiger partial charge on any atom is -0.492 e. The van der Waals surface area contributed by atoms with Crippen LogP contribution in [0.5, 0.6) is 5.75 Å². The first-order valence-corrected chi connectivity index (χ1v) is 11.5. The topological polar surface area (TPSA) is 154 Å². The largest absolute Gasteiger partial charge is 0.492 e. The number of carbonyl (C=O) groups is 1. The molecule has 2 aliphatic rings. The van der Waals surface area contributed by atoms with Crippen molar-refractivity contribution in [1.29, 1.82) is 0 Å². The van der Waals surface area contributed by atoms with Crippen molar-refractivity contribution in [2.75, 3.05) is 44.8 Å². The van der Waals surface area contributed by atoms with E-state index < -0.39 is 6.09 Å². The molecule has 182 valence electrons. The number of nitrogens with one attached hydrogen (secondary N) is 1. The summed E-state index contributed by atoms with van der Waals surface area (Å²) in [6.07, 6.45) is 5.27. The van der Waals surface area contributed by atoms with Crippen LogP contribution in [0.15, 0.2) is 30.5 Å². The third-order valence-electron chi connectivity index (χ3n) is 5.74. The quantitative estimate of drug-likeness (QED) is 0.466. The maximum Gasteiger partial charge on any atom is 0.402 e. The Morgan fingerprint density at radius 3 is 2.62 bits per heavy atom. The first-order valence-electron chi connectivity index (χ1n) is 11.5. The number of morpholine rings is 1. The highest BCUT2D eigenvalue weighted by Crippen LogP contribution is 2.22. The molecule has 1 amide bonds. The molecular weight excluding hydrogens is 440 g/mol. The van der Waals surface area contributed by atoms with Gasteiger partial charge in [-0.05, 0) is 37.1 Å². The number of fused-ring (bicyclic) bond motifs is 1. The summed E-state index contributed by atoms with van der Waals surface area (Å²) in [7, 11) is 0. The molecule has 0 atom stereocenters. The summed E-state index contributed by atoms with van der Waals surface area (Å²) in [5, 5.41) is 19.1. The van der Waals surface area contributed by atoms with E-state index in [-0.39, 0.29) is 0 Å². The molecule has 1 aliphatic heterocycles. The Bertz CT molecular complexity index is 1060. The van der Waals surface area contributed by atoms with Gasteiger partial charge in [0.2, 0.25) is 5.95 Å². The molecule has 0 radical (unpaired) electrons. The lowest BCUT2D eigenvalue weighted by Gasteiger charge is -2.26. The third-order valence-corrected chi connectivity index (χ3v) is 5.74. The zero-order chi connectivity index (χ0) is 23.8. The zero-order valence-electron chi connectivity index (χ0n) is 19.0. The minimum atomic E-state index is -1.33. The van der Waals surface area contributed by atoms with E-state index in [2.05, 4.69) is 36.2 Å². The standard InChI is InChI=1S/C21H27N7O2.CH3NO2/c1-2-4-16(3-1)23-21-22-15-19-20(24-21)28(26-25-19)17-5-7-18(8-6-17)30-14-11-27-9-12-29-13-10-27;2-1(3)4/h5-8,15-16H,1-4,9-14H2,(H,22,23,24);2H2,(H,3,4). The van der Waals surface area contributed by atoms with Crippen LogP contribution in [-0.2, 0) is 4.74 Å². The molecule has 12 nitrogen and oxygen atoms in total. The van der Waals surface area contributed by atoms with Crippen LogP contribution in [0.3, 0.4) is 0 Å². The Morgan fingerprint density at radius 1 is 1.21 bits per heavy atom. The van der Waals surface area contributed by atoms with Crippen LogP contribution in [0.4, 0.5) is 10.7 Å². The summed E-state index contributed by atoms with van der Waals surface area (Å²) in [5.74, 6) is 1.48. The van der Waals surface area contributed by atoms with Gasteiger partial charge < -0.3 is 25.6 Å². The number of benzene rings is 1. The lowest BCUT2D eigenvalue weighted by atomic mass is 10.2. The summed E-state index contributed by atoms with van der Waals surface area (Å²) in [6.45, 7) is 5.13. The Hall–Kier alpha value is -3.51. The smallest absolute Gasteiger partial charge is 0.402 e. The normalized spacial score (nSPS) is 16.7. The second-order valence-corrected chi connectivity index (χ2v) is 8.16. The van der Waals surface area contributed by atoms with E-state index in [0.717, 1.165) is 44.3 Å². The van der Waals surface area contributed by atoms with Gasteiger partial charge in [0.1, 0.15) is 12.4 Å². The molecular formula is C22H30N8O4. The van der Waals surface area contributed by atoms with Crippen molar-refractivity contribution in [2.45, 2.75) is 31.7 Å². The van der Waals surface area contributed by atoms with Gasteiger partial charge in [0, 0.05) is 25.7 Å². The molecule has 1 aliphatic carbocycles. The maximum atomic E-state index is 8.78. The molecule has 4 N–H and O–H groups in total. The molecule has 2 fully saturated rings. The van der Waals surface area contributed by atoms with Crippen molar-refractivity contribution in [3.8, 4) is 11.4 Å². The third kappa shape index (κ3) is 6.51. The van der Waals surface area contributed by atoms with Crippen LogP contribution in [0.1, 0.15) is 25.7 Å². The fourth-order valence-corrected chi connectivity index (χ4v) is 4.03. The van der Waals surface area contributed by atoms with E-state index in [0.29, 0.717) is 29.8 Å². The number of hydrogen-bond acceptors (Lipinski definition) is 9. The van der Waals surface area contributed by atoms with Gasteiger partial charge in [-0.3, -0.25) is 4.90 Å². The number of anilines is 1. The Kier molecular flexibility index (Phi) is 8.04. The number of hydrogen-bond donors (Lipinski definition) is 3. The Morgan fingerprint density at radius 2 is 1.91 bits per heavy atom. The van der Waals surface area contributed by atoms with Gasteiger partial charge in [-0.15, -0.1) is 5.10 Å². The van der Waals surface area contributed by atoms with E-state index in [1.807, 2.05) is 24.3 Å². The van der Waals surface area contributed by atoms with Gasteiger partial charge in [-0.1, -0.05) is 18.1 Å². The zero-order valence-corrected chi connectivity index (χ0v) is 19.0. The lowest BCUT2D eigenvalue weighted by Crippen LogP contribution is -2.38. The van der Waals surface area contributed by atoms with E-state index >= 15 is 0 Å². The number of carboxylic acid groups (broad SMARTS) is 1. The molecule has 1 aromatic carbocycles. The fraction of sp³-hybridized carbons (Fsp3) is 0.500. The second-order valence-electron chi connectivity index (χ2n) is 8.16. The number of ether oxygens (including phenoxy) is 2. The summed E-state index contributed by atoms with van der Waals surface area (Å²) in [6, 6.07) is 8.33. The summed E-state index contributed by atoms with van der Waals surface area (Å²) in [5.41, 5.74) is 6.30. The highest BCUT2D eigenvalue weighted by atomic mass is 16.5. The molecule has 0 bridgehead atoms. The number of rotatable bonds is 7. The Labute approximate surface area is 197 Å². The minimum absolute atomic E-state index is 0.459. The highest BCUT2D eigenvalue weighted by molar-refractivity contribution is 5.72. The number of nitrogens with two attached hydrogens (primary N) is 1. The van der Waals surface area contributed by atoms with Gasteiger partial charge >= 0.3 is 6.09 Å². The lowest BCUT2D eigenvalue weighted by molar-refractivity contribution is 0.0322. The van der Waals surface area contributed by atoms with Crippen LogP contribution >= 0.6 is 0 Å². The number of aromatic nitrogens is 5. The number of nitrogens with zero attached hydrogens (tertiary/aromatic N) is 6. The van der Waals surface area contributed by atoms with Crippen molar-refractivity contribution in [3.05, 3.63) is 30.5 Å². The molecule has 3 heterocycles. The van der Waals surface area contributed by atoms with Crippen molar-refractivity contribution in [1.82, 2.24) is 29.9 Å². The monoisotopic (exact) mass is 470 g/mol. The Balaban J connectivity index is 0.000000636. The molecule has 34 heavy (non-hydrogen) atoms. The average Bonchev–Trinajstić information content (AvgIpc) is 3.50. The molecule has 2 aromatic heterocycles. The maximum absolute atomic E-state index is 8.78. The first-order chi connectivity index (χ1) is 16.6. The van der Waals surface area contributed by atoms with E-state index in [1.165, 1.54) is 25.7 Å². The molecule has 0 spiro atoms. The molecule has 1 saturated heterocycles. The van der Waals surface area contributed by atoms with Crippen molar-refractivity contribution < 1.29 is 19.4 Å². The van der Waals surface area contributed by atoms with Crippen LogP contribution in [0.2, 0.25) is 0 Å². The molecule has 12 heteroatoms. The molecule has 0 unspecified atom stereocenters. The van der Waals surface area contributed by atoms with Gasteiger partial charge in [-0.2, -0.15) is 9.67 Å². The van der Waals surface area contributed by atoms with Gasteiger partial charge in [0.05, 0.1) is 25.1 Å². The van der Waals surface area contributed by atoms with Crippen LogP contribution in [0, 0.1) is 0 Å². The van der Waals surface area contributed by atoms with Gasteiger partial charge in [0.25, 0.3) is 0 Å². The van der Waals surface area contributed by atoms with Gasteiger partial charge in [-0.25, -0.2) is 9.78 Å². The average molecular weight is 471 g/mol. The van der Waals surface area contributed by atoms with Gasteiger partial charge in [0.15, 0.2) is 11.2 Å². The second kappa shape index (κ2) is 11.6. The van der Waals surface area contributed by atoms with Crippen molar-refractivity contribution >= 4 is 23.2 Å². The number of primary amides is 1. The molecule has 5 rings (SSSR count). The fourth-order valence-electron chi connectivity index (χ4n) is 4.03. The predicted molar refractivity (Wildman–Crippen MR) is 125 cm³/mol. The molecule has 3 aromatic rings. The summed E-state index contributed by atoms with van der Waals surface area (Å²) >= 11 is 0. The van der Waals surface area contributed by atoms with Crippen LogP contribution in [-0.4, -0.2) is 86.6 Å². The summed E-state index contributed by atoms with van der Waals surface area (Å²) < 4.78 is 13.0.